The maximum absolute atomic E-state index is 13.1. The normalized spacial score (nSPS) is 20.3. The zero-order chi connectivity index (χ0) is 17.0. The molecule has 1 aliphatic rings. The number of para-hydroxylation sites is 1. The van der Waals surface area contributed by atoms with Crippen LogP contribution < -0.4 is 16.6 Å². The summed E-state index contributed by atoms with van der Waals surface area (Å²) in [5, 5.41) is 11.6. The molecule has 0 saturated carbocycles. The molecule has 0 unspecified atom stereocenters. The molecule has 23 heavy (non-hydrogen) atoms. The maximum atomic E-state index is 13.1. The SMILES string of the molecule is O=C1Nc2c(c(=O)[nH]c(=O)n2-c2ccccc2)[C@]1(O)C(F)(F)F. The standard InChI is InChI=1S/C13H8F3N3O4/c14-13(15,16)12(23)7-8(17-10(12)21)19(11(22)18-9(7)20)6-4-2-1-3-5-6/h1-5,23H,(H,17,21)(H,18,20,22)/t12-/m1/s1. The Labute approximate surface area is 125 Å². The van der Waals surface area contributed by atoms with E-state index in [-0.39, 0.29) is 5.69 Å². The van der Waals surface area contributed by atoms with Crippen LogP contribution in [-0.4, -0.2) is 26.7 Å². The zero-order valence-corrected chi connectivity index (χ0v) is 11.1. The van der Waals surface area contributed by atoms with Crippen LogP contribution in [-0.2, 0) is 10.4 Å². The molecule has 1 aliphatic heterocycles. The highest BCUT2D eigenvalue weighted by atomic mass is 19.4. The zero-order valence-electron chi connectivity index (χ0n) is 11.1. The summed E-state index contributed by atoms with van der Waals surface area (Å²) < 4.78 is 40.1. The lowest BCUT2D eigenvalue weighted by Gasteiger charge is -2.22. The second-order valence-corrected chi connectivity index (χ2v) is 4.82. The lowest BCUT2D eigenvalue weighted by molar-refractivity contribution is -0.252. The summed E-state index contributed by atoms with van der Waals surface area (Å²) in [4.78, 5) is 37.1. The van der Waals surface area contributed by atoms with Crippen molar-refractivity contribution in [3.63, 3.8) is 0 Å². The quantitative estimate of drug-likeness (QED) is 0.697. The lowest BCUT2D eigenvalue weighted by Crippen LogP contribution is -2.50. The number of anilines is 1. The predicted molar refractivity (Wildman–Crippen MR) is 71.2 cm³/mol. The van der Waals surface area contributed by atoms with Crippen molar-refractivity contribution >= 4 is 11.7 Å². The Morgan fingerprint density at radius 1 is 1.09 bits per heavy atom. The van der Waals surface area contributed by atoms with Crippen LogP contribution in [0.3, 0.4) is 0 Å². The fraction of sp³-hybridized carbons (Fsp3) is 0.154. The summed E-state index contributed by atoms with van der Waals surface area (Å²) in [5.41, 5.74) is -7.72. The van der Waals surface area contributed by atoms with Gasteiger partial charge in [0.25, 0.3) is 17.1 Å². The van der Waals surface area contributed by atoms with Gasteiger partial charge in [-0.25, -0.2) is 9.36 Å². The third kappa shape index (κ3) is 1.91. The molecule has 1 aromatic carbocycles. The van der Waals surface area contributed by atoms with E-state index in [2.05, 4.69) is 0 Å². The second kappa shape index (κ2) is 4.56. The van der Waals surface area contributed by atoms with E-state index in [1.54, 1.807) is 16.4 Å². The van der Waals surface area contributed by atoms with Crippen LogP contribution in [0.4, 0.5) is 19.0 Å². The van der Waals surface area contributed by atoms with E-state index in [1.165, 1.54) is 24.3 Å². The van der Waals surface area contributed by atoms with Crippen molar-refractivity contribution in [3.8, 4) is 5.69 Å². The molecule has 0 aliphatic carbocycles. The van der Waals surface area contributed by atoms with Gasteiger partial charge in [-0.05, 0) is 12.1 Å². The number of amides is 1. The summed E-state index contributed by atoms with van der Waals surface area (Å²) in [7, 11) is 0. The van der Waals surface area contributed by atoms with Crippen LogP contribution in [0.2, 0.25) is 0 Å². The number of fused-ring (bicyclic) bond motifs is 1. The van der Waals surface area contributed by atoms with Gasteiger partial charge in [-0.3, -0.25) is 14.6 Å². The van der Waals surface area contributed by atoms with E-state index < -0.39 is 40.3 Å². The molecule has 2 heterocycles. The summed E-state index contributed by atoms with van der Waals surface area (Å²) >= 11 is 0. The average Bonchev–Trinajstić information content (AvgIpc) is 2.73. The summed E-state index contributed by atoms with van der Waals surface area (Å²) in [6.07, 6.45) is -5.44. The van der Waals surface area contributed by atoms with Gasteiger partial charge in [0.2, 0.25) is 0 Å². The predicted octanol–water partition coefficient (Wildman–Crippen LogP) is 0.228. The fourth-order valence-electron chi connectivity index (χ4n) is 2.40. The minimum Gasteiger partial charge on any atom is -0.368 e. The van der Waals surface area contributed by atoms with Crippen molar-refractivity contribution in [2.24, 2.45) is 0 Å². The van der Waals surface area contributed by atoms with E-state index in [0.29, 0.717) is 4.57 Å². The number of aromatic amines is 1. The van der Waals surface area contributed by atoms with E-state index in [1.807, 2.05) is 0 Å². The number of nitrogens with zero attached hydrogens (tertiary/aromatic N) is 1. The van der Waals surface area contributed by atoms with E-state index in [0.717, 1.165) is 0 Å². The number of benzene rings is 1. The molecule has 0 saturated heterocycles. The molecule has 3 N–H and O–H groups in total. The number of alkyl halides is 3. The molecule has 2 aromatic rings. The van der Waals surface area contributed by atoms with Gasteiger partial charge in [0.05, 0.1) is 5.69 Å². The second-order valence-electron chi connectivity index (χ2n) is 4.82. The molecule has 1 amide bonds. The molecule has 0 bridgehead atoms. The van der Waals surface area contributed by atoms with Gasteiger partial charge in [0.15, 0.2) is 0 Å². The number of halogens is 3. The minimum absolute atomic E-state index is 0.108. The lowest BCUT2D eigenvalue weighted by atomic mass is 9.97. The van der Waals surface area contributed by atoms with Crippen molar-refractivity contribution in [2.75, 3.05) is 5.32 Å². The molecular weight excluding hydrogens is 319 g/mol. The first-order valence-electron chi connectivity index (χ1n) is 6.23. The minimum atomic E-state index is -5.44. The van der Waals surface area contributed by atoms with Crippen LogP contribution in [0.25, 0.3) is 5.69 Å². The Morgan fingerprint density at radius 2 is 1.70 bits per heavy atom. The number of rotatable bonds is 1. The molecule has 0 spiro atoms. The molecular formula is C13H8F3N3O4. The van der Waals surface area contributed by atoms with Crippen LogP contribution in [0.5, 0.6) is 0 Å². The molecule has 10 heteroatoms. The first kappa shape index (κ1) is 15.0. The highest BCUT2D eigenvalue weighted by Gasteiger charge is 2.66. The Kier molecular flexibility index (Phi) is 2.98. The van der Waals surface area contributed by atoms with Crippen LogP contribution in [0, 0.1) is 0 Å². The number of hydrogen-bond donors (Lipinski definition) is 3. The van der Waals surface area contributed by atoms with Crippen molar-refractivity contribution < 1.29 is 23.1 Å². The molecule has 0 fully saturated rings. The largest absolute Gasteiger partial charge is 0.431 e. The molecule has 0 radical (unpaired) electrons. The average molecular weight is 327 g/mol. The number of nitrogens with one attached hydrogen (secondary N) is 2. The molecule has 3 rings (SSSR count). The van der Waals surface area contributed by atoms with Crippen LogP contribution in [0.1, 0.15) is 5.56 Å². The summed E-state index contributed by atoms with van der Waals surface area (Å²) in [5.74, 6) is -2.56. The first-order chi connectivity index (χ1) is 10.7. The van der Waals surface area contributed by atoms with Crippen molar-refractivity contribution in [1.82, 2.24) is 9.55 Å². The molecule has 1 aromatic heterocycles. The summed E-state index contributed by atoms with van der Waals surface area (Å²) in [6.45, 7) is 0. The number of hydrogen-bond acceptors (Lipinski definition) is 4. The Bertz CT molecular complexity index is 917. The van der Waals surface area contributed by atoms with Gasteiger partial charge < -0.3 is 10.4 Å². The number of carbonyl (C=O) groups is 1. The number of H-pyrrole nitrogens is 1. The highest BCUT2D eigenvalue weighted by Crippen LogP contribution is 2.44. The highest BCUT2D eigenvalue weighted by molar-refractivity contribution is 6.04. The van der Waals surface area contributed by atoms with Crippen molar-refractivity contribution in [1.29, 1.82) is 0 Å². The van der Waals surface area contributed by atoms with Gasteiger partial charge in [0, 0.05) is 0 Å². The first-order valence-corrected chi connectivity index (χ1v) is 6.23. The van der Waals surface area contributed by atoms with Gasteiger partial charge in [0.1, 0.15) is 11.4 Å². The van der Waals surface area contributed by atoms with Crippen molar-refractivity contribution in [3.05, 3.63) is 56.7 Å². The van der Waals surface area contributed by atoms with E-state index >= 15 is 0 Å². The monoisotopic (exact) mass is 327 g/mol. The fourth-order valence-corrected chi connectivity index (χ4v) is 2.40. The van der Waals surface area contributed by atoms with Gasteiger partial charge in [-0.15, -0.1) is 0 Å². The smallest absolute Gasteiger partial charge is 0.368 e. The molecule has 120 valence electrons. The van der Waals surface area contributed by atoms with Gasteiger partial charge in [-0.1, -0.05) is 18.2 Å². The van der Waals surface area contributed by atoms with Gasteiger partial charge >= 0.3 is 11.9 Å². The topological polar surface area (TPSA) is 104 Å². The Hall–Kier alpha value is -2.88. The third-order valence-corrected chi connectivity index (χ3v) is 3.46. The summed E-state index contributed by atoms with van der Waals surface area (Å²) in [6, 6.07) is 7.39. The van der Waals surface area contributed by atoms with Gasteiger partial charge in [-0.2, -0.15) is 13.2 Å². The molecule has 1 atom stereocenters. The number of aliphatic hydroxyl groups is 1. The van der Waals surface area contributed by atoms with Crippen LogP contribution in [0.15, 0.2) is 39.9 Å². The Morgan fingerprint density at radius 3 is 2.26 bits per heavy atom. The maximum Gasteiger partial charge on any atom is 0.431 e. The number of aromatic nitrogens is 2. The van der Waals surface area contributed by atoms with Crippen LogP contribution >= 0.6 is 0 Å². The number of carbonyl (C=O) groups excluding carboxylic acids is 1. The van der Waals surface area contributed by atoms with E-state index in [9.17, 15) is 32.7 Å². The third-order valence-electron chi connectivity index (χ3n) is 3.46. The van der Waals surface area contributed by atoms with Crippen molar-refractivity contribution in [2.45, 2.75) is 11.8 Å². The molecule has 7 nitrogen and oxygen atoms in total. The Balaban J connectivity index is 2.42. The van der Waals surface area contributed by atoms with E-state index in [4.69, 9.17) is 0 Å².